The van der Waals surface area contributed by atoms with Gasteiger partial charge in [-0.15, -0.1) is 0 Å². The molecule has 21 heavy (non-hydrogen) atoms. The fourth-order valence-corrected chi connectivity index (χ4v) is 2.21. The standard InChI is InChI=1S/C15H22N2O4/c1-3-17(4-2)9-11-5-6-12(21-11)13(18)16-10-15(7-8-15)14(19)20/h5-6H,3-4,7-10H2,1-2H3,(H,16,18)(H,19,20). The van der Waals surface area contributed by atoms with Crippen molar-refractivity contribution in [3.8, 4) is 0 Å². The van der Waals surface area contributed by atoms with Crippen molar-refractivity contribution in [2.45, 2.75) is 33.2 Å². The quantitative estimate of drug-likeness (QED) is 0.762. The Labute approximate surface area is 124 Å². The van der Waals surface area contributed by atoms with Crippen LogP contribution in [0.3, 0.4) is 0 Å². The molecular formula is C15H22N2O4. The number of hydrogen-bond donors (Lipinski definition) is 2. The molecule has 1 aliphatic carbocycles. The largest absolute Gasteiger partial charge is 0.481 e. The molecule has 0 spiro atoms. The first kappa shape index (κ1) is 15.6. The molecule has 0 atom stereocenters. The predicted molar refractivity (Wildman–Crippen MR) is 77.0 cm³/mol. The topological polar surface area (TPSA) is 82.8 Å². The van der Waals surface area contributed by atoms with Crippen LogP contribution in [0.4, 0.5) is 0 Å². The summed E-state index contributed by atoms with van der Waals surface area (Å²) < 4.78 is 5.52. The number of amides is 1. The van der Waals surface area contributed by atoms with E-state index >= 15 is 0 Å². The minimum absolute atomic E-state index is 0.160. The SMILES string of the molecule is CCN(CC)Cc1ccc(C(=O)NCC2(C(=O)O)CC2)o1. The molecule has 6 heteroatoms. The first-order valence-corrected chi connectivity index (χ1v) is 7.33. The van der Waals surface area contributed by atoms with Gasteiger partial charge in [0.25, 0.3) is 5.91 Å². The predicted octanol–water partition coefficient (Wildman–Crippen LogP) is 1.72. The highest BCUT2D eigenvalue weighted by molar-refractivity contribution is 5.92. The Morgan fingerprint density at radius 2 is 2.00 bits per heavy atom. The van der Waals surface area contributed by atoms with Gasteiger partial charge in [-0.1, -0.05) is 13.8 Å². The molecule has 2 rings (SSSR count). The first-order chi connectivity index (χ1) is 10.0. The monoisotopic (exact) mass is 294 g/mol. The number of hydrogen-bond acceptors (Lipinski definition) is 4. The second-order valence-electron chi connectivity index (χ2n) is 5.50. The van der Waals surface area contributed by atoms with Gasteiger partial charge in [0.1, 0.15) is 5.76 Å². The zero-order valence-electron chi connectivity index (χ0n) is 12.5. The summed E-state index contributed by atoms with van der Waals surface area (Å²) >= 11 is 0. The van der Waals surface area contributed by atoms with Crippen molar-refractivity contribution in [1.82, 2.24) is 10.2 Å². The van der Waals surface area contributed by atoms with Crippen LogP contribution in [-0.4, -0.2) is 41.5 Å². The van der Waals surface area contributed by atoms with Gasteiger partial charge in [-0.25, -0.2) is 0 Å². The molecule has 1 fully saturated rings. The average molecular weight is 294 g/mol. The van der Waals surface area contributed by atoms with Gasteiger partial charge < -0.3 is 14.8 Å². The van der Waals surface area contributed by atoms with E-state index in [2.05, 4.69) is 24.1 Å². The van der Waals surface area contributed by atoms with Gasteiger partial charge in [0.15, 0.2) is 5.76 Å². The fourth-order valence-electron chi connectivity index (χ4n) is 2.21. The Hall–Kier alpha value is -1.82. The molecule has 116 valence electrons. The molecule has 1 heterocycles. The Morgan fingerprint density at radius 3 is 2.52 bits per heavy atom. The smallest absolute Gasteiger partial charge is 0.311 e. The van der Waals surface area contributed by atoms with Crippen molar-refractivity contribution in [3.05, 3.63) is 23.7 Å². The average Bonchev–Trinajstić information content (AvgIpc) is 3.14. The lowest BCUT2D eigenvalue weighted by Crippen LogP contribution is -2.34. The van der Waals surface area contributed by atoms with Crippen LogP contribution in [0.15, 0.2) is 16.5 Å². The second-order valence-corrected chi connectivity index (χ2v) is 5.50. The normalized spacial score (nSPS) is 16.0. The van der Waals surface area contributed by atoms with Gasteiger partial charge in [0.2, 0.25) is 0 Å². The summed E-state index contributed by atoms with van der Waals surface area (Å²) in [6.07, 6.45) is 1.24. The van der Waals surface area contributed by atoms with Gasteiger partial charge in [0.05, 0.1) is 12.0 Å². The lowest BCUT2D eigenvalue weighted by Gasteiger charge is -2.15. The number of furan rings is 1. The maximum absolute atomic E-state index is 12.0. The maximum Gasteiger partial charge on any atom is 0.311 e. The molecule has 1 amide bonds. The number of nitrogens with one attached hydrogen (secondary N) is 1. The number of carbonyl (C=O) groups excluding carboxylic acids is 1. The molecule has 1 aromatic heterocycles. The van der Waals surface area contributed by atoms with Crippen molar-refractivity contribution in [2.75, 3.05) is 19.6 Å². The zero-order valence-corrected chi connectivity index (χ0v) is 12.5. The van der Waals surface area contributed by atoms with Crippen LogP contribution in [0.1, 0.15) is 43.0 Å². The molecule has 0 bridgehead atoms. The fraction of sp³-hybridized carbons (Fsp3) is 0.600. The van der Waals surface area contributed by atoms with Crippen molar-refractivity contribution in [3.63, 3.8) is 0 Å². The molecule has 2 N–H and O–H groups in total. The summed E-state index contributed by atoms with van der Waals surface area (Å²) in [4.78, 5) is 25.2. The summed E-state index contributed by atoms with van der Waals surface area (Å²) in [6, 6.07) is 3.42. The summed E-state index contributed by atoms with van der Waals surface area (Å²) in [7, 11) is 0. The van der Waals surface area contributed by atoms with Crippen molar-refractivity contribution >= 4 is 11.9 Å². The van der Waals surface area contributed by atoms with E-state index in [4.69, 9.17) is 9.52 Å². The molecule has 0 aromatic carbocycles. The van der Waals surface area contributed by atoms with Crippen molar-refractivity contribution < 1.29 is 19.1 Å². The second kappa shape index (κ2) is 6.30. The Kier molecular flexibility index (Phi) is 4.67. The van der Waals surface area contributed by atoms with Gasteiger partial charge >= 0.3 is 5.97 Å². The van der Waals surface area contributed by atoms with Gasteiger partial charge in [-0.3, -0.25) is 14.5 Å². The number of nitrogens with zero attached hydrogens (tertiary/aromatic N) is 1. The molecule has 0 unspecified atom stereocenters. The summed E-state index contributed by atoms with van der Waals surface area (Å²) in [5, 5.41) is 11.7. The number of carbonyl (C=O) groups is 2. The van der Waals surface area contributed by atoms with Gasteiger partial charge in [-0.2, -0.15) is 0 Å². The number of aliphatic carboxylic acids is 1. The van der Waals surface area contributed by atoms with E-state index < -0.39 is 11.4 Å². The highest BCUT2D eigenvalue weighted by atomic mass is 16.4. The lowest BCUT2D eigenvalue weighted by molar-refractivity contribution is -0.143. The molecule has 0 radical (unpaired) electrons. The van der Waals surface area contributed by atoms with E-state index in [0.29, 0.717) is 19.4 Å². The zero-order chi connectivity index (χ0) is 15.5. The van der Waals surface area contributed by atoms with E-state index in [-0.39, 0.29) is 18.2 Å². The molecule has 0 saturated heterocycles. The minimum atomic E-state index is -0.843. The highest BCUT2D eigenvalue weighted by Gasteiger charge is 2.50. The molecule has 1 saturated carbocycles. The summed E-state index contributed by atoms with van der Waals surface area (Å²) in [5.41, 5.74) is -0.758. The van der Waals surface area contributed by atoms with Crippen LogP contribution in [-0.2, 0) is 11.3 Å². The van der Waals surface area contributed by atoms with Crippen LogP contribution in [0.2, 0.25) is 0 Å². The Morgan fingerprint density at radius 1 is 1.33 bits per heavy atom. The van der Waals surface area contributed by atoms with Crippen LogP contribution in [0.25, 0.3) is 0 Å². The van der Waals surface area contributed by atoms with Gasteiger partial charge in [0, 0.05) is 6.54 Å². The Bertz CT molecular complexity index is 515. The minimum Gasteiger partial charge on any atom is -0.481 e. The third-order valence-corrected chi connectivity index (χ3v) is 4.05. The number of carboxylic acid groups (broad SMARTS) is 1. The maximum atomic E-state index is 12.0. The van der Waals surface area contributed by atoms with Crippen LogP contribution >= 0.6 is 0 Å². The molecular weight excluding hydrogens is 272 g/mol. The van der Waals surface area contributed by atoms with E-state index in [0.717, 1.165) is 18.8 Å². The van der Waals surface area contributed by atoms with Crippen molar-refractivity contribution in [1.29, 1.82) is 0 Å². The Balaban J connectivity index is 1.89. The molecule has 6 nitrogen and oxygen atoms in total. The van der Waals surface area contributed by atoms with Gasteiger partial charge in [-0.05, 0) is 38.1 Å². The van der Waals surface area contributed by atoms with Crippen molar-refractivity contribution in [2.24, 2.45) is 5.41 Å². The van der Waals surface area contributed by atoms with Crippen LogP contribution < -0.4 is 5.32 Å². The van der Waals surface area contributed by atoms with Crippen LogP contribution in [0.5, 0.6) is 0 Å². The highest BCUT2D eigenvalue weighted by Crippen LogP contribution is 2.45. The summed E-state index contributed by atoms with van der Waals surface area (Å²) in [5.74, 6) is -0.223. The number of rotatable bonds is 8. The first-order valence-electron chi connectivity index (χ1n) is 7.33. The van der Waals surface area contributed by atoms with E-state index in [1.54, 1.807) is 12.1 Å². The molecule has 1 aromatic rings. The molecule has 0 aliphatic heterocycles. The third-order valence-electron chi connectivity index (χ3n) is 4.05. The van der Waals surface area contributed by atoms with E-state index in [9.17, 15) is 9.59 Å². The van der Waals surface area contributed by atoms with Crippen LogP contribution in [0, 0.1) is 5.41 Å². The molecule has 1 aliphatic rings. The van der Waals surface area contributed by atoms with E-state index in [1.165, 1.54) is 0 Å². The van der Waals surface area contributed by atoms with E-state index in [1.807, 2.05) is 0 Å². The lowest BCUT2D eigenvalue weighted by atomic mass is 10.1. The number of carboxylic acids is 1. The summed E-state index contributed by atoms with van der Waals surface area (Å²) in [6.45, 7) is 6.80. The third kappa shape index (κ3) is 3.64.